The van der Waals surface area contributed by atoms with Gasteiger partial charge in [0.15, 0.2) is 0 Å². The number of urea groups is 1. The molecular formula is C24H27FN2O5S. The minimum absolute atomic E-state index is 0.0714. The molecule has 2 bridgehead atoms. The van der Waals surface area contributed by atoms with E-state index >= 15 is 0 Å². The topological polar surface area (TPSA) is 109 Å². The summed E-state index contributed by atoms with van der Waals surface area (Å²) in [7, 11) is -4.29. The highest BCUT2D eigenvalue weighted by Gasteiger charge is 2.49. The smallest absolute Gasteiger partial charge is 0.333 e. The molecule has 0 spiro atoms. The van der Waals surface area contributed by atoms with E-state index in [1.807, 2.05) is 0 Å². The van der Waals surface area contributed by atoms with Crippen LogP contribution in [0.2, 0.25) is 0 Å². The molecule has 1 aromatic carbocycles. The van der Waals surface area contributed by atoms with Crippen molar-refractivity contribution >= 4 is 21.7 Å². The van der Waals surface area contributed by atoms with E-state index in [1.54, 1.807) is 6.92 Å². The maximum absolute atomic E-state index is 14.9. The van der Waals surface area contributed by atoms with E-state index < -0.39 is 21.7 Å². The molecule has 33 heavy (non-hydrogen) atoms. The molecule has 1 aromatic heterocycles. The number of carbonyl (C=O) groups is 1. The summed E-state index contributed by atoms with van der Waals surface area (Å²) >= 11 is 0. The van der Waals surface area contributed by atoms with Crippen LogP contribution in [0, 0.1) is 11.7 Å². The van der Waals surface area contributed by atoms with Crippen LogP contribution in [0.25, 0.3) is 0 Å². The van der Waals surface area contributed by atoms with E-state index in [-0.39, 0.29) is 22.7 Å². The van der Waals surface area contributed by atoms with Gasteiger partial charge in [-0.05, 0) is 92.9 Å². The fourth-order valence-electron chi connectivity index (χ4n) is 6.51. The number of carbonyl (C=O) groups excluding carboxylic acids is 1. The van der Waals surface area contributed by atoms with Gasteiger partial charge in [-0.25, -0.2) is 13.9 Å². The highest BCUT2D eigenvalue weighted by Crippen LogP contribution is 2.55. The maximum atomic E-state index is 14.9. The SMILES string of the molecule is CC1(O)c2cc(S(=O)(=O)NC(=O)Nc3c4c(c(F)c5c3CCC5)CCC4)oc2C2CCC1C2. The Morgan fingerprint density at radius 3 is 2.42 bits per heavy atom. The number of fused-ring (bicyclic) bond motifs is 6. The number of halogens is 1. The second-order valence-corrected chi connectivity index (χ2v) is 11.7. The van der Waals surface area contributed by atoms with Gasteiger partial charge in [0.25, 0.3) is 10.0 Å². The number of rotatable bonds is 3. The fourth-order valence-corrected chi connectivity index (χ4v) is 7.38. The molecule has 2 amide bonds. The molecule has 4 aliphatic carbocycles. The van der Waals surface area contributed by atoms with Crippen molar-refractivity contribution in [1.29, 1.82) is 0 Å². The Morgan fingerprint density at radius 1 is 1.12 bits per heavy atom. The number of benzene rings is 1. The summed E-state index contributed by atoms with van der Waals surface area (Å²) in [5.41, 5.74) is 2.74. The van der Waals surface area contributed by atoms with Gasteiger partial charge in [-0.1, -0.05) is 0 Å². The van der Waals surface area contributed by atoms with E-state index in [1.165, 1.54) is 6.07 Å². The molecule has 176 valence electrons. The molecule has 2 aromatic rings. The average molecular weight is 475 g/mol. The average Bonchev–Trinajstić information content (AvgIpc) is 3.53. The van der Waals surface area contributed by atoms with Crippen LogP contribution < -0.4 is 10.0 Å². The van der Waals surface area contributed by atoms with Gasteiger partial charge in [0.05, 0.1) is 5.60 Å². The number of anilines is 1. The van der Waals surface area contributed by atoms with Gasteiger partial charge >= 0.3 is 6.03 Å². The first-order valence-electron chi connectivity index (χ1n) is 11.7. The predicted molar refractivity (Wildman–Crippen MR) is 118 cm³/mol. The zero-order valence-electron chi connectivity index (χ0n) is 18.5. The summed E-state index contributed by atoms with van der Waals surface area (Å²) in [6.07, 6.45) is 6.67. The molecule has 0 saturated heterocycles. The molecule has 3 atom stereocenters. The van der Waals surface area contributed by atoms with Gasteiger partial charge < -0.3 is 14.8 Å². The second-order valence-electron chi connectivity index (χ2n) is 10.1. The van der Waals surface area contributed by atoms with Crippen LogP contribution in [0.1, 0.15) is 78.5 Å². The third-order valence-corrected chi connectivity index (χ3v) is 9.37. The van der Waals surface area contributed by atoms with Gasteiger partial charge in [0.1, 0.15) is 11.6 Å². The van der Waals surface area contributed by atoms with Gasteiger partial charge in [-0.15, -0.1) is 0 Å². The number of furan rings is 1. The summed E-state index contributed by atoms with van der Waals surface area (Å²) in [6, 6.07) is 0.454. The van der Waals surface area contributed by atoms with E-state index in [0.717, 1.165) is 43.2 Å². The number of aliphatic hydroxyl groups is 1. The molecule has 1 fully saturated rings. The van der Waals surface area contributed by atoms with Crippen LogP contribution in [-0.2, 0) is 41.3 Å². The zero-order valence-corrected chi connectivity index (χ0v) is 19.3. The van der Waals surface area contributed by atoms with Gasteiger partial charge in [0, 0.05) is 23.2 Å². The highest BCUT2D eigenvalue weighted by atomic mass is 32.2. The molecule has 4 aliphatic rings. The maximum Gasteiger partial charge on any atom is 0.333 e. The molecule has 1 heterocycles. The lowest BCUT2D eigenvalue weighted by Gasteiger charge is -2.33. The molecule has 3 N–H and O–H groups in total. The van der Waals surface area contributed by atoms with Crippen molar-refractivity contribution < 1.29 is 27.1 Å². The van der Waals surface area contributed by atoms with Crippen molar-refractivity contribution in [2.24, 2.45) is 5.92 Å². The third-order valence-electron chi connectivity index (χ3n) is 8.18. The van der Waals surface area contributed by atoms with Crippen LogP contribution in [-0.4, -0.2) is 19.6 Å². The summed E-state index contributed by atoms with van der Waals surface area (Å²) in [6.45, 7) is 1.69. The number of hydrogen-bond donors (Lipinski definition) is 3. The summed E-state index contributed by atoms with van der Waals surface area (Å²) in [4.78, 5) is 12.8. The molecule has 0 radical (unpaired) electrons. The Balaban J connectivity index is 1.29. The molecule has 1 saturated carbocycles. The fraction of sp³-hybridized carbons (Fsp3) is 0.542. The predicted octanol–water partition coefficient (Wildman–Crippen LogP) is 4.01. The van der Waals surface area contributed by atoms with Gasteiger partial charge in [-0.2, -0.15) is 8.42 Å². The lowest BCUT2D eigenvalue weighted by atomic mass is 9.76. The normalized spacial score (nSPS) is 27.2. The summed E-state index contributed by atoms with van der Waals surface area (Å²) in [5.74, 6) is 0.509. The zero-order chi connectivity index (χ0) is 23.1. The molecule has 0 aliphatic heterocycles. The van der Waals surface area contributed by atoms with Crippen LogP contribution in [0.5, 0.6) is 0 Å². The number of nitrogens with one attached hydrogen (secondary N) is 2. The summed E-state index contributed by atoms with van der Waals surface area (Å²) in [5, 5.41) is 13.3. The highest BCUT2D eigenvalue weighted by molar-refractivity contribution is 7.89. The standard InChI is InChI=1S/C24H27FN2O5S/c1-24(29)13-9-8-12(10-13)22-18(24)11-19(32-22)33(30,31)27-23(28)26-21-16-6-2-4-14(16)20(25)15-5-3-7-17(15)21/h11-13,29H,2-10H2,1H3,(H2,26,27,28). The van der Waals surface area contributed by atoms with Crippen molar-refractivity contribution in [3.8, 4) is 0 Å². The van der Waals surface area contributed by atoms with Crippen LogP contribution in [0.3, 0.4) is 0 Å². The molecule has 6 rings (SSSR count). The molecule has 3 unspecified atom stereocenters. The molecule has 7 nitrogen and oxygen atoms in total. The van der Waals surface area contributed by atoms with Crippen molar-refractivity contribution in [3.63, 3.8) is 0 Å². The number of amides is 2. The lowest BCUT2D eigenvalue weighted by Crippen LogP contribution is -2.35. The number of hydrogen-bond acceptors (Lipinski definition) is 5. The third kappa shape index (κ3) is 3.08. The van der Waals surface area contributed by atoms with E-state index in [0.29, 0.717) is 53.8 Å². The van der Waals surface area contributed by atoms with Crippen LogP contribution in [0.15, 0.2) is 15.6 Å². The second kappa shape index (κ2) is 7.06. The van der Waals surface area contributed by atoms with Crippen molar-refractivity contribution in [2.45, 2.75) is 81.3 Å². The first kappa shape index (κ1) is 21.2. The van der Waals surface area contributed by atoms with Gasteiger partial charge in [-0.3, -0.25) is 0 Å². The first-order chi connectivity index (χ1) is 15.7. The quantitative estimate of drug-likeness (QED) is 0.623. The summed E-state index contributed by atoms with van der Waals surface area (Å²) < 4.78 is 48.6. The van der Waals surface area contributed by atoms with Crippen LogP contribution in [0.4, 0.5) is 14.9 Å². The van der Waals surface area contributed by atoms with E-state index in [4.69, 9.17) is 4.42 Å². The lowest BCUT2D eigenvalue weighted by molar-refractivity contribution is -0.0115. The Labute approximate surface area is 191 Å². The largest absolute Gasteiger partial charge is 0.447 e. The van der Waals surface area contributed by atoms with E-state index in [9.17, 15) is 22.7 Å². The van der Waals surface area contributed by atoms with Gasteiger partial charge in [0.2, 0.25) is 5.09 Å². The van der Waals surface area contributed by atoms with E-state index in [2.05, 4.69) is 10.0 Å². The molecule has 9 heteroatoms. The monoisotopic (exact) mass is 474 g/mol. The molecular weight excluding hydrogens is 447 g/mol. The van der Waals surface area contributed by atoms with Crippen molar-refractivity contribution in [2.75, 3.05) is 5.32 Å². The minimum atomic E-state index is -4.29. The van der Waals surface area contributed by atoms with Crippen LogP contribution >= 0.6 is 0 Å². The Kier molecular flexibility index (Phi) is 4.52. The van der Waals surface area contributed by atoms with Crippen molar-refractivity contribution in [1.82, 2.24) is 4.72 Å². The Morgan fingerprint density at radius 2 is 1.76 bits per heavy atom. The Bertz CT molecular complexity index is 1260. The Hall–Kier alpha value is -2.39. The minimum Gasteiger partial charge on any atom is -0.447 e. The van der Waals surface area contributed by atoms with Crippen molar-refractivity contribution in [3.05, 3.63) is 45.5 Å². The first-order valence-corrected chi connectivity index (χ1v) is 13.2. The number of sulfonamides is 1.